The highest BCUT2D eigenvalue weighted by Crippen LogP contribution is 2.34. The Balaban J connectivity index is 1.68. The van der Waals surface area contributed by atoms with Gasteiger partial charge in [-0.15, -0.1) is 0 Å². The molecule has 4 rings (SSSR count). The van der Waals surface area contributed by atoms with Crippen LogP contribution in [0, 0.1) is 23.3 Å². The van der Waals surface area contributed by atoms with Crippen molar-refractivity contribution in [3.05, 3.63) is 89.5 Å². The summed E-state index contributed by atoms with van der Waals surface area (Å²) in [5.41, 5.74) is 1.81. The predicted octanol–water partition coefficient (Wildman–Crippen LogP) is 8.47. The number of methoxy groups -OCH3 is 1. The molecule has 0 aliphatic heterocycles. The normalized spacial score (nSPS) is 11.2. The molecule has 0 radical (unpaired) electrons. The Morgan fingerprint density at radius 1 is 0.697 bits per heavy atom. The zero-order valence-corrected chi connectivity index (χ0v) is 18.5. The first-order chi connectivity index (χ1) is 15.9. The van der Waals surface area contributed by atoms with Gasteiger partial charge in [0.1, 0.15) is 11.6 Å². The average Bonchev–Trinajstić information content (AvgIpc) is 2.79. The number of halogens is 4. The molecule has 0 N–H and O–H groups in total. The molecule has 0 atom stereocenters. The number of unbranched alkanes of at least 4 members (excludes halogenated alkanes) is 2. The lowest BCUT2D eigenvalue weighted by molar-refractivity contribution is 0.360. The molecule has 0 fully saturated rings. The van der Waals surface area contributed by atoms with Crippen molar-refractivity contribution in [3.8, 4) is 28.0 Å². The number of ether oxygens (including phenoxy) is 1. The molecule has 0 saturated carbocycles. The number of fused-ring (bicyclic) bond motifs is 1. The molecule has 33 heavy (non-hydrogen) atoms. The number of hydrogen-bond donors (Lipinski definition) is 0. The van der Waals surface area contributed by atoms with Crippen molar-refractivity contribution in [2.24, 2.45) is 0 Å². The summed E-state index contributed by atoms with van der Waals surface area (Å²) in [5, 5.41) is 1.27. The second kappa shape index (κ2) is 9.65. The van der Waals surface area contributed by atoms with E-state index in [1.807, 2.05) is 18.2 Å². The van der Waals surface area contributed by atoms with Crippen molar-refractivity contribution in [1.29, 1.82) is 0 Å². The summed E-state index contributed by atoms with van der Waals surface area (Å²) in [7, 11) is 1.15. The van der Waals surface area contributed by atoms with Gasteiger partial charge in [0.25, 0.3) is 0 Å². The summed E-state index contributed by atoms with van der Waals surface area (Å²) in [5.74, 6) is -3.51. The van der Waals surface area contributed by atoms with Gasteiger partial charge in [-0.3, -0.25) is 0 Å². The molecule has 0 bridgehead atoms. The van der Waals surface area contributed by atoms with E-state index in [2.05, 4.69) is 11.7 Å². The molecule has 0 aliphatic carbocycles. The summed E-state index contributed by atoms with van der Waals surface area (Å²) in [4.78, 5) is 0. The van der Waals surface area contributed by atoms with Gasteiger partial charge < -0.3 is 4.74 Å². The van der Waals surface area contributed by atoms with Crippen molar-refractivity contribution in [3.63, 3.8) is 0 Å². The number of aryl methyl sites for hydroxylation is 1. The van der Waals surface area contributed by atoms with E-state index in [9.17, 15) is 13.2 Å². The Bertz CT molecular complexity index is 1290. The van der Waals surface area contributed by atoms with E-state index in [1.54, 1.807) is 18.2 Å². The minimum absolute atomic E-state index is 0.0112. The van der Waals surface area contributed by atoms with E-state index in [-0.39, 0.29) is 16.7 Å². The summed E-state index contributed by atoms with van der Waals surface area (Å²) in [6, 6.07) is 15.3. The molecule has 0 heterocycles. The van der Waals surface area contributed by atoms with Crippen LogP contribution in [0.2, 0.25) is 0 Å². The topological polar surface area (TPSA) is 9.23 Å². The maximum Gasteiger partial charge on any atom is 0.190 e. The molecule has 5 heteroatoms. The van der Waals surface area contributed by atoms with Crippen molar-refractivity contribution in [2.75, 3.05) is 7.11 Å². The Morgan fingerprint density at radius 2 is 1.39 bits per heavy atom. The molecule has 0 unspecified atom stereocenters. The molecule has 170 valence electrons. The summed E-state index contributed by atoms with van der Waals surface area (Å²) in [6.45, 7) is 2.15. The molecular formula is C28H24F4O. The lowest BCUT2D eigenvalue weighted by Crippen LogP contribution is -1.95. The smallest absolute Gasteiger partial charge is 0.190 e. The summed E-state index contributed by atoms with van der Waals surface area (Å²) >= 11 is 0. The minimum Gasteiger partial charge on any atom is -0.491 e. The van der Waals surface area contributed by atoms with Crippen LogP contribution in [-0.4, -0.2) is 7.11 Å². The standard InChI is InChI=1S/C28H24F4O/c1-3-4-5-6-17-7-10-22-18(13-17)9-12-23(27(22)32)19-8-11-21(24(29)14-19)20-15-25(30)28(33-2)26(31)16-20/h7-16H,3-6H2,1-2H3. The van der Waals surface area contributed by atoms with E-state index in [0.29, 0.717) is 10.9 Å². The van der Waals surface area contributed by atoms with Gasteiger partial charge in [0.15, 0.2) is 17.4 Å². The molecule has 1 nitrogen and oxygen atoms in total. The average molecular weight is 452 g/mol. The van der Waals surface area contributed by atoms with Gasteiger partial charge >= 0.3 is 0 Å². The van der Waals surface area contributed by atoms with Crippen LogP contribution in [0.5, 0.6) is 5.75 Å². The lowest BCUT2D eigenvalue weighted by Gasteiger charge is -2.11. The lowest BCUT2D eigenvalue weighted by atomic mass is 9.95. The van der Waals surface area contributed by atoms with E-state index in [1.165, 1.54) is 12.1 Å². The van der Waals surface area contributed by atoms with Gasteiger partial charge in [0.2, 0.25) is 0 Å². The number of hydrogen-bond acceptors (Lipinski definition) is 1. The highest BCUT2D eigenvalue weighted by molar-refractivity contribution is 5.89. The van der Waals surface area contributed by atoms with Crippen LogP contribution in [0.25, 0.3) is 33.0 Å². The zero-order chi connectivity index (χ0) is 23.5. The molecule has 0 aromatic heterocycles. The van der Waals surface area contributed by atoms with Gasteiger partial charge in [-0.25, -0.2) is 17.6 Å². The quantitative estimate of drug-likeness (QED) is 0.202. The van der Waals surface area contributed by atoms with Crippen LogP contribution in [0.15, 0.2) is 60.7 Å². The molecule has 0 amide bonds. The van der Waals surface area contributed by atoms with Gasteiger partial charge in [-0.1, -0.05) is 62.2 Å². The fourth-order valence-corrected chi connectivity index (χ4v) is 4.13. The maximum absolute atomic E-state index is 15.3. The Kier molecular flexibility index (Phi) is 6.68. The highest BCUT2D eigenvalue weighted by atomic mass is 19.1. The largest absolute Gasteiger partial charge is 0.491 e. The second-order valence-electron chi connectivity index (χ2n) is 8.11. The Labute approximate surface area is 190 Å². The predicted molar refractivity (Wildman–Crippen MR) is 124 cm³/mol. The van der Waals surface area contributed by atoms with Gasteiger partial charge in [0, 0.05) is 16.5 Å². The van der Waals surface area contributed by atoms with Crippen molar-refractivity contribution >= 4 is 10.8 Å². The van der Waals surface area contributed by atoms with E-state index >= 15 is 4.39 Å². The molecule has 4 aromatic carbocycles. The molecule has 0 aliphatic rings. The summed E-state index contributed by atoms with van der Waals surface area (Å²) < 4.78 is 63.0. The first kappa shape index (κ1) is 22.8. The SMILES string of the molecule is CCCCCc1ccc2c(F)c(-c3ccc(-c4cc(F)c(OC)c(F)c4)c(F)c3)ccc2c1. The third-order valence-electron chi connectivity index (χ3n) is 5.88. The van der Waals surface area contributed by atoms with Gasteiger partial charge in [-0.2, -0.15) is 0 Å². The van der Waals surface area contributed by atoms with Gasteiger partial charge in [-0.05, 0) is 53.1 Å². The van der Waals surface area contributed by atoms with E-state index in [4.69, 9.17) is 0 Å². The zero-order valence-electron chi connectivity index (χ0n) is 18.5. The van der Waals surface area contributed by atoms with Crippen LogP contribution in [0.3, 0.4) is 0 Å². The van der Waals surface area contributed by atoms with Crippen LogP contribution >= 0.6 is 0 Å². The molecule has 0 saturated heterocycles. The Hall–Kier alpha value is -3.34. The van der Waals surface area contributed by atoms with Crippen LogP contribution in [0.4, 0.5) is 17.6 Å². The number of rotatable bonds is 7. The van der Waals surface area contributed by atoms with Gasteiger partial charge in [0.05, 0.1) is 7.11 Å². The monoisotopic (exact) mass is 452 g/mol. The van der Waals surface area contributed by atoms with Crippen LogP contribution in [-0.2, 0) is 6.42 Å². The van der Waals surface area contributed by atoms with Crippen molar-refractivity contribution in [1.82, 2.24) is 0 Å². The van der Waals surface area contributed by atoms with Crippen LogP contribution in [0.1, 0.15) is 31.7 Å². The van der Waals surface area contributed by atoms with Crippen LogP contribution < -0.4 is 4.74 Å². The molecule has 4 aromatic rings. The van der Waals surface area contributed by atoms with E-state index in [0.717, 1.165) is 55.9 Å². The van der Waals surface area contributed by atoms with Crippen molar-refractivity contribution < 1.29 is 22.3 Å². The molecule has 0 spiro atoms. The molecular weight excluding hydrogens is 428 g/mol. The second-order valence-corrected chi connectivity index (χ2v) is 8.11. The fourth-order valence-electron chi connectivity index (χ4n) is 4.13. The van der Waals surface area contributed by atoms with E-state index < -0.39 is 29.0 Å². The first-order valence-corrected chi connectivity index (χ1v) is 11.0. The third kappa shape index (κ3) is 4.58. The highest BCUT2D eigenvalue weighted by Gasteiger charge is 2.17. The maximum atomic E-state index is 15.3. The third-order valence-corrected chi connectivity index (χ3v) is 5.88. The minimum atomic E-state index is -0.925. The Morgan fingerprint density at radius 3 is 2.06 bits per heavy atom. The fraction of sp³-hybridized carbons (Fsp3) is 0.214. The first-order valence-electron chi connectivity index (χ1n) is 11.0. The van der Waals surface area contributed by atoms with Crippen molar-refractivity contribution in [2.45, 2.75) is 32.6 Å². The number of benzene rings is 4. The summed E-state index contributed by atoms with van der Waals surface area (Å²) in [6.07, 6.45) is 4.34.